The molecular weight excluding hydrogens is 302 g/mol. The first-order chi connectivity index (χ1) is 11.6. The number of nitrogens with zero attached hydrogens (tertiary/aromatic N) is 2. The Labute approximate surface area is 143 Å². The molecule has 1 aromatic carbocycles. The number of benzene rings is 1. The number of hydrogen-bond acceptors (Lipinski definition) is 4. The first-order valence-electron chi connectivity index (χ1n) is 8.40. The average molecular weight is 327 g/mol. The number of ether oxygens (including phenoxy) is 1. The number of carbonyl (C=O) groups is 1. The smallest absolute Gasteiger partial charge is 0.265 e. The van der Waals surface area contributed by atoms with Crippen molar-refractivity contribution in [3.63, 3.8) is 0 Å². The fourth-order valence-electron chi connectivity index (χ4n) is 2.74. The largest absolute Gasteiger partial charge is 0.497 e. The number of rotatable bonds is 6. The van der Waals surface area contributed by atoms with E-state index in [1.807, 2.05) is 30.3 Å². The van der Waals surface area contributed by atoms with Gasteiger partial charge in [0.15, 0.2) is 0 Å². The van der Waals surface area contributed by atoms with E-state index in [0.29, 0.717) is 12.5 Å². The summed E-state index contributed by atoms with van der Waals surface area (Å²) in [6.07, 6.45) is 4.35. The van der Waals surface area contributed by atoms with Crippen LogP contribution in [0.4, 0.5) is 0 Å². The van der Waals surface area contributed by atoms with E-state index in [1.54, 1.807) is 18.2 Å². The highest BCUT2D eigenvalue weighted by Gasteiger charge is 2.22. The minimum absolute atomic E-state index is 0.168. The second kappa shape index (κ2) is 8.97. The van der Waals surface area contributed by atoms with Gasteiger partial charge in [-0.05, 0) is 42.9 Å². The Morgan fingerprint density at radius 3 is 2.88 bits per heavy atom. The average Bonchev–Trinajstić information content (AvgIpc) is 2.62. The molecule has 0 unspecified atom stereocenters. The highest BCUT2D eigenvalue weighted by molar-refractivity contribution is 5.97. The van der Waals surface area contributed by atoms with E-state index >= 15 is 0 Å². The van der Waals surface area contributed by atoms with Gasteiger partial charge in [0.2, 0.25) is 0 Å². The number of nitrogens with one attached hydrogen (secondary N) is 1. The van der Waals surface area contributed by atoms with Crippen molar-refractivity contribution >= 4 is 5.91 Å². The third kappa shape index (κ3) is 5.02. The summed E-state index contributed by atoms with van der Waals surface area (Å²) in [5.41, 5.74) is 1.32. The van der Waals surface area contributed by atoms with Gasteiger partial charge in [-0.3, -0.25) is 4.79 Å². The Morgan fingerprint density at radius 2 is 2.21 bits per heavy atom. The molecular formula is C19H25N3O2. The van der Waals surface area contributed by atoms with Gasteiger partial charge in [-0.1, -0.05) is 19.1 Å². The maximum atomic E-state index is 12.4. The Morgan fingerprint density at radius 1 is 1.46 bits per heavy atom. The van der Waals surface area contributed by atoms with Crippen LogP contribution in [0.1, 0.15) is 25.3 Å². The molecule has 0 radical (unpaired) electrons. The van der Waals surface area contributed by atoms with E-state index in [0.717, 1.165) is 43.7 Å². The van der Waals surface area contributed by atoms with Crippen molar-refractivity contribution in [3.8, 4) is 11.8 Å². The Balaban J connectivity index is 1.84. The first-order valence-corrected chi connectivity index (χ1v) is 8.40. The molecule has 5 heteroatoms. The molecule has 1 saturated heterocycles. The zero-order valence-corrected chi connectivity index (χ0v) is 14.4. The molecule has 128 valence electrons. The van der Waals surface area contributed by atoms with E-state index < -0.39 is 0 Å². The maximum absolute atomic E-state index is 12.4. The van der Waals surface area contributed by atoms with Crippen LogP contribution in [-0.4, -0.2) is 37.6 Å². The molecule has 0 saturated carbocycles. The minimum atomic E-state index is -0.168. The van der Waals surface area contributed by atoms with Crippen LogP contribution in [0, 0.1) is 17.2 Å². The molecule has 1 aliphatic heterocycles. The number of amides is 1. The van der Waals surface area contributed by atoms with Crippen LogP contribution in [0.5, 0.6) is 5.75 Å². The van der Waals surface area contributed by atoms with Crippen molar-refractivity contribution in [3.05, 3.63) is 41.6 Å². The zero-order valence-electron chi connectivity index (χ0n) is 14.4. The van der Waals surface area contributed by atoms with E-state index in [4.69, 9.17) is 4.74 Å². The van der Waals surface area contributed by atoms with Gasteiger partial charge in [0.05, 0.1) is 7.11 Å². The molecule has 1 aromatic rings. The predicted molar refractivity (Wildman–Crippen MR) is 93.4 cm³/mol. The molecule has 0 aromatic heterocycles. The summed E-state index contributed by atoms with van der Waals surface area (Å²) in [7, 11) is 1.65. The summed E-state index contributed by atoms with van der Waals surface area (Å²) in [6, 6.07) is 9.88. The zero-order chi connectivity index (χ0) is 17.4. The summed E-state index contributed by atoms with van der Waals surface area (Å²) in [5.74, 6) is 1.32. The normalized spacial score (nSPS) is 15.7. The summed E-state index contributed by atoms with van der Waals surface area (Å²) in [5, 5.41) is 12.3. The van der Waals surface area contributed by atoms with E-state index in [-0.39, 0.29) is 11.5 Å². The molecule has 5 nitrogen and oxygen atoms in total. The molecule has 2 rings (SSSR count). The maximum Gasteiger partial charge on any atom is 0.265 e. The summed E-state index contributed by atoms with van der Waals surface area (Å²) in [6.45, 7) is 4.33. The third-order valence-electron chi connectivity index (χ3n) is 4.36. The number of hydrogen-bond donors (Lipinski definition) is 1. The molecule has 1 N–H and O–H groups in total. The van der Waals surface area contributed by atoms with Crippen LogP contribution >= 0.6 is 0 Å². The van der Waals surface area contributed by atoms with Gasteiger partial charge in [-0.2, -0.15) is 5.26 Å². The molecule has 1 heterocycles. The minimum Gasteiger partial charge on any atom is -0.497 e. The van der Waals surface area contributed by atoms with Crippen molar-refractivity contribution < 1.29 is 9.53 Å². The fraction of sp³-hybridized carbons (Fsp3) is 0.474. The van der Waals surface area contributed by atoms with E-state index in [2.05, 4.69) is 12.2 Å². The topological polar surface area (TPSA) is 65.4 Å². The molecule has 0 spiro atoms. The number of nitriles is 1. The molecule has 0 bridgehead atoms. The highest BCUT2D eigenvalue weighted by atomic mass is 16.5. The highest BCUT2D eigenvalue weighted by Crippen LogP contribution is 2.17. The van der Waals surface area contributed by atoms with Gasteiger partial charge in [-0.15, -0.1) is 0 Å². The van der Waals surface area contributed by atoms with Gasteiger partial charge in [0.25, 0.3) is 5.91 Å². The Kier molecular flexibility index (Phi) is 6.68. The fourth-order valence-corrected chi connectivity index (χ4v) is 2.74. The summed E-state index contributed by atoms with van der Waals surface area (Å²) < 4.78 is 5.20. The van der Waals surface area contributed by atoms with Crippen molar-refractivity contribution in [2.75, 3.05) is 26.7 Å². The third-order valence-corrected chi connectivity index (χ3v) is 4.36. The summed E-state index contributed by atoms with van der Waals surface area (Å²) in [4.78, 5) is 14.1. The lowest BCUT2D eigenvalue weighted by atomic mass is 9.99. The Hall–Kier alpha value is -2.48. The van der Waals surface area contributed by atoms with Crippen LogP contribution in [0.2, 0.25) is 0 Å². The molecule has 24 heavy (non-hydrogen) atoms. The van der Waals surface area contributed by atoms with Crippen LogP contribution in [0.25, 0.3) is 0 Å². The van der Waals surface area contributed by atoms with Crippen molar-refractivity contribution in [2.45, 2.75) is 26.2 Å². The standard InChI is InChI=1S/C19H25N3O2/c1-15-7-10-22(11-8-15)19(23)17(13-20)14-21-9-6-16-4-3-5-18(12-16)24-2/h3-5,12,14-15,21H,6-11H2,1-2H3/b17-14-. The number of carbonyl (C=O) groups excluding carboxylic acids is 1. The van der Waals surface area contributed by atoms with Gasteiger partial charge in [0, 0.05) is 25.8 Å². The monoisotopic (exact) mass is 327 g/mol. The predicted octanol–water partition coefficient (Wildman–Crippen LogP) is 2.49. The SMILES string of the molecule is COc1cccc(CCN/C=C(/C#N)C(=O)N2CCC(C)CC2)c1. The molecule has 1 fully saturated rings. The first kappa shape index (κ1) is 17.9. The number of piperidine rings is 1. The van der Waals surface area contributed by atoms with Gasteiger partial charge in [0.1, 0.15) is 17.4 Å². The lowest BCUT2D eigenvalue weighted by Crippen LogP contribution is -2.38. The van der Waals surface area contributed by atoms with E-state index in [9.17, 15) is 10.1 Å². The summed E-state index contributed by atoms with van der Waals surface area (Å²) >= 11 is 0. The van der Waals surface area contributed by atoms with Crippen LogP contribution in [0.15, 0.2) is 36.0 Å². The number of methoxy groups -OCH3 is 1. The van der Waals surface area contributed by atoms with Crippen LogP contribution < -0.4 is 10.1 Å². The van der Waals surface area contributed by atoms with Crippen molar-refractivity contribution in [1.29, 1.82) is 5.26 Å². The van der Waals surface area contributed by atoms with Gasteiger partial charge < -0.3 is 15.0 Å². The molecule has 1 amide bonds. The van der Waals surface area contributed by atoms with Crippen molar-refractivity contribution in [2.24, 2.45) is 5.92 Å². The van der Waals surface area contributed by atoms with Crippen LogP contribution in [-0.2, 0) is 11.2 Å². The second-order valence-corrected chi connectivity index (χ2v) is 6.20. The van der Waals surface area contributed by atoms with Crippen LogP contribution in [0.3, 0.4) is 0 Å². The van der Waals surface area contributed by atoms with E-state index in [1.165, 1.54) is 0 Å². The van der Waals surface area contributed by atoms with Gasteiger partial charge in [-0.25, -0.2) is 0 Å². The Bertz CT molecular complexity index is 626. The molecule has 0 atom stereocenters. The second-order valence-electron chi connectivity index (χ2n) is 6.20. The quantitative estimate of drug-likeness (QED) is 0.495. The number of likely N-dealkylation sites (tertiary alicyclic amines) is 1. The van der Waals surface area contributed by atoms with Crippen molar-refractivity contribution in [1.82, 2.24) is 10.2 Å². The lowest BCUT2D eigenvalue weighted by Gasteiger charge is -2.30. The lowest BCUT2D eigenvalue weighted by molar-refractivity contribution is -0.128. The molecule has 1 aliphatic rings. The molecule has 0 aliphatic carbocycles. The van der Waals surface area contributed by atoms with Gasteiger partial charge >= 0.3 is 0 Å².